The number of benzene rings is 1. The number of esters is 1. The van der Waals surface area contributed by atoms with Crippen LogP contribution in [-0.4, -0.2) is 74.3 Å². The van der Waals surface area contributed by atoms with Crippen LogP contribution in [0.4, 0.5) is 5.69 Å². The Morgan fingerprint density at radius 1 is 1.13 bits per heavy atom. The molecule has 9 nitrogen and oxygen atoms in total. The van der Waals surface area contributed by atoms with Crippen LogP contribution < -0.4 is 5.32 Å². The number of morpholine rings is 1. The predicted molar refractivity (Wildman–Crippen MR) is 114 cm³/mol. The van der Waals surface area contributed by atoms with E-state index in [1.807, 2.05) is 0 Å². The lowest BCUT2D eigenvalue weighted by Gasteiger charge is -2.27. The zero-order chi connectivity index (χ0) is 22.4. The van der Waals surface area contributed by atoms with Gasteiger partial charge in [0, 0.05) is 25.9 Å². The Morgan fingerprint density at radius 3 is 2.55 bits per heavy atom. The molecule has 2 aromatic rings. The number of aromatic amines is 1. The number of nitrogens with one attached hydrogen (secondary N) is 2. The molecular weight excluding hydrogens is 402 g/mol. The second kappa shape index (κ2) is 10.2. The molecule has 0 unspecified atom stereocenters. The van der Waals surface area contributed by atoms with Gasteiger partial charge >= 0.3 is 5.97 Å². The lowest BCUT2D eigenvalue weighted by atomic mass is 10.1. The molecule has 1 aromatic carbocycles. The maximum absolute atomic E-state index is 13.0. The molecular formula is C22H27N3O6. The minimum absolute atomic E-state index is 0.123. The summed E-state index contributed by atoms with van der Waals surface area (Å²) in [5.74, 6) is -1.13. The molecule has 1 aliphatic rings. The quantitative estimate of drug-likeness (QED) is 0.516. The average Bonchev–Trinajstić information content (AvgIpc) is 3.08. The summed E-state index contributed by atoms with van der Waals surface area (Å²) >= 11 is 0. The molecule has 0 saturated carbocycles. The van der Waals surface area contributed by atoms with Crippen molar-refractivity contribution in [2.75, 3.05) is 51.9 Å². The maximum atomic E-state index is 13.0. The highest BCUT2D eigenvalue weighted by molar-refractivity contribution is 6.10. The molecule has 2 heterocycles. The summed E-state index contributed by atoms with van der Waals surface area (Å²) in [4.78, 5) is 42.9. The Bertz CT molecular complexity index is 962. The fourth-order valence-corrected chi connectivity index (χ4v) is 3.47. The van der Waals surface area contributed by atoms with E-state index < -0.39 is 11.9 Å². The third-order valence-corrected chi connectivity index (χ3v) is 5.09. The van der Waals surface area contributed by atoms with E-state index >= 15 is 0 Å². The smallest absolute Gasteiger partial charge is 0.340 e. The summed E-state index contributed by atoms with van der Waals surface area (Å²) in [5, 5.41) is 2.80. The largest absolute Gasteiger partial charge is 0.460 e. The number of nitrogens with zero attached hydrogens (tertiary/aromatic N) is 1. The maximum Gasteiger partial charge on any atom is 0.340 e. The summed E-state index contributed by atoms with van der Waals surface area (Å²) in [5.41, 5.74) is 2.37. The Balaban J connectivity index is 1.79. The van der Waals surface area contributed by atoms with Crippen LogP contribution in [0.3, 0.4) is 0 Å². The molecule has 3 rings (SSSR count). The van der Waals surface area contributed by atoms with Crippen molar-refractivity contribution in [1.29, 1.82) is 0 Å². The van der Waals surface area contributed by atoms with Crippen LogP contribution in [-0.2, 0) is 14.2 Å². The monoisotopic (exact) mass is 429 g/mol. The van der Waals surface area contributed by atoms with Crippen molar-refractivity contribution in [2.24, 2.45) is 0 Å². The molecule has 0 aliphatic carbocycles. The number of rotatable bonds is 7. The van der Waals surface area contributed by atoms with Gasteiger partial charge in [-0.15, -0.1) is 0 Å². The van der Waals surface area contributed by atoms with Crippen LogP contribution in [0.5, 0.6) is 0 Å². The van der Waals surface area contributed by atoms with E-state index in [1.54, 1.807) is 43.0 Å². The van der Waals surface area contributed by atoms with Crippen LogP contribution in [0.15, 0.2) is 24.3 Å². The Hall–Kier alpha value is -3.17. The van der Waals surface area contributed by atoms with Gasteiger partial charge in [-0.1, -0.05) is 12.1 Å². The number of hydrogen-bond acceptors (Lipinski definition) is 6. The van der Waals surface area contributed by atoms with Crippen LogP contribution in [0.1, 0.15) is 42.5 Å². The standard InChI is InChI=1S/C22H27N3O6/c1-14-18(22(28)31-13-12-29-3)15(2)23-19(14)20(26)24-17-7-5-4-6-16(17)21(27)25-8-10-30-11-9-25/h4-7,23H,8-13H2,1-3H3,(H,24,26). The normalized spacial score (nSPS) is 13.7. The van der Waals surface area contributed by atoms with Crippen molar-refractivity contribution in [3.63, 3.8) is 0 Å². The lowest BCUT2D eigenvalue weighted by molar-refractivity contribution is 0.0303. The van der Waals surface area contributed by atoms with Crippen molar-refractivity contribution < 1.29 is 28.6 Å². The van der Waals surface area contributed by atoms with E-state index in [9.17, 15) is 14.4 Å². The highest BCUT2D eigenvalue weighted by Crippen LogP contribution is 2.23. The Kier molecular flexibility index (Phi) is 7.43. The van der Waals surface area contributed by atoms with Crippen molar-refractivity contribution in [3.8, 4) is 0 Å². The van der Waals surface area contributed by atoms with Gasteiger partial charge in [-0.3, -0.25) is 9.59 Å². The minimum atomic E-state index is -0.523. The number of aromatic nitrogens is 1. The van der Waals surface area contributed by atoms with E-state index in [4.69, 9.17) is 14.2 Å². The fourth-order valence-electron chi connectivity index (χ4n) is 3.47. The molecule has 166 valence electrons. The van der Waals surface area contributed by atoms with Crippen molar-refractivity contribution in [2.45, 2.75) is 13.8 Å². The number of ether oxygens (including phenoxy) is 3. The summed E-state index contributed by atoms with van der Waals surface area (Å²) in [6.45, 7) is 5.78. The highest BCUT2D eigenvalue weighted by Gasteiger charge is 2.25. The summed E-state index contributed by atoms with van der Waals surface area (Å²) < 4.78 is 15.4. The Labute approximate surface area is 180 Å². The van der Waals surface area contributed by atoms with Crippen LogP contribution in [0, 0.1) is 13.8 Å². The first kappa shape index (κ1) is 22.5. The SMILES string of the molecule is COCCOC(=O)c1c(C)[nH]c(C(=O)Nc2ccccc2C(=O)N2CCOCC2)c1C. The number of aryl methyl sites for hydroxylation is 1. The molecule has 0 bridgehead atoms. The van der Waals surface area contributed by atoms with Crippen molar-refractivity contribution in [1.82, 2.24) is 9.88 Å². The third-order valence-electron chi connectivity index (χ3n) is 5.09. The van der Waals surface area contributed by atoms with Gasteiger partial charge in [-0.05, 0) is 31.5 Å². The van der Waals surface area contributed by atoms with E-state index in [0.717, 1.165) is 0 Å². The predicted octanol–water partition coefficient (Wildman–Crippen LogP) is 2.16. The number of hydrogen-bond donors (Lipinski definition) is 2. The Morgan fingerprint density at radius 2 is 1.84 bits per heavy atom. The molecule has 1 fully saturated rings. The highest BCUT2D eigenvalue weighted by atomic mass is 16.6. The molecule has 0 atom stereocenters. The first-order valence-electron chi connectivity index (χ1n) is 10.1. The first-order chi connectivity index (χ1) is 14.9. The molecule has 1 saturated heterocycles. The van der Waals surface area contributed by atoms with E-state index in [-0.39, 0.29) is 24.8 Å². The lowest BCUT2D eigenvalue weighted by Crippen LogP contribution is -2.41. The molecule has 0 spiro atoms. The van der Waals surface area contributed by atoms with Gasteiger partial charge in [-0.2, -0.15) is 0 Å². The number of carbonyl (C=O) groups is 3. The fraction of sp³-hybridized carbons (Fsp3) is 0.409. The molecule has 31 heavy (non-hydrogen) atoms. The van der Waals surface area contributed by atoms with Crippen LogP contribution >= 0.6 is 0 Å². The molecule has 9 heteroatoms. The van der Waals surface area contributed by atoms with Crippen LogP contribution in [0.25, 0.3) is 0 Å². The van der Waals surface area contributed by atoms with Gasteiger partial charge < -0.3 is 29.4 Å². The number of para-hydroxylation sites is 1. The van der Waals surface area contributed by atoms with Gasteiger partial charge in [0.15, 0.2) is 0 Å². The molecule has 1 aromatic heterocycles. The summed E-state index contributed by atoms with van der Waals surface area (Å²) in [6.07, 6.45) is 0. The second-order valence-electron chi connectivity index (χ2n) is 7.16. The van der Waals surface area contributed by atoms with Gasteiger partial charge in [0.25, 0.3) is 11.8 Å². The van der Waals surface area contributed by atoms with Gasteiger partial charge in [0.05, 0.1) is 36.6 Å². The molecule has 0 radical (unpaired) electrons. The summed E-state index contributed by atoms with van der Waals surface area (Å²) in [6, 6.07) is 6.86. The van der Waals surface area contributed by atoms with Gasteiger partial charge in [0.2, 0.25) is 0 Å². The van der Waals surface area contributed by atoms with Gasteiger partial charge in [-0.25, -0.2) is 4.79 Å². The van der Waals surface area contributed by atoms with Gasteiger partial charge in [0.1, 0.15) is 12.3 Å². The zero-order valence-corrected chi connectivity index (χ0v) is 17.9. The molecule has 1 aliphatic heterocycles. The van der Waals surface area contributed by atoms with E-state index in [2.05, 4.69) is 10.3 Å². The van der Waals surface area contributed by atoms with E-state index in [0.29, 0.717) is 54.4 Å². The average molecular weight is 429 g/mol. The third kappa shape index (κ3) is 5.12. The number of anilines is 1. The van der Waals surface area contributed by atoms with E-state index in [1.165, 1.54) is 7.11 Å². The number of H-pyrrole nitrogens is 1. The van der Waals surface area contributed by atoms with Crippen LogP contribution in [0.2, 0.25) is 0 Å². The van der Waals surface area contributed by atoms with Crippen molar-refractivity contribution in [3.05, 3.63) is 52.3 Å². The summed E-state index contributed by atoms with van der Waals surface area (Å²) in [7, 11) is 1.52. The number of carbonyl (C=O) groups excluding carboxylic acids is 3. The zero-order valence-electron chi connectivity index (χ0n) is 17.9. The number of amides is 2. The first-order valence-corrected chi connectivity index (χ1v) is 10.1. The van der Waals surface area contributed by atoms with Crippen molar-refractivity contribution >= 4 is 23.5 Å². The number of methoxy groups -OCH3 is 1. The molecule has 2 amide bonds. The minimum Gasteiger partial charge on any atom is -0.460 e. The molecule has 2 N–H and O–H groups in total. The second-order valence-corrected chi connectivity index (χ2v) is 7.16. The topological polar surface area (TPSA) is 110 Å².